The summed E-state index contributed by atoms with van der Waals surface area (Å²) in [5.41, 5.74) is 2.81. The van der Waals surface area contributed by atoms with Gasteiger partial charge in [0, 0.05) is 43.2 Å². The van der Waals surface area contributed by atoms with E-state index >= 15 is 0 Å². The first kappa shape index (κ1) is 19.8. The molecule has 33 heavy (non-hydrogen) atoms. The van der Waals surface area contributed by atoms with Crippen molar-refractivity contribution in [3.05, 3.63) is 60.4 Å². The van der Waals surface area contributed by atoms with Crippen LogP contribution in [-0.2, 0) is 4.79 Å². The van der Waals surface area contributed by atoms with Crippen LogP contribution in [0.15, 0.2) is 54.7 Å². The number of likely N-dealkylation sites (N-methyl/N-ethyl adjacent to an activating group) is 1. The van der Waals surface area contributed by atoms with Crippen molar-refractivity contribution in [3.8, 4) is 0 Å². The van der Waals surface area contributed by atoms with Gasteiger partial charge in [-0.05, 0) is 49.9 Å². The normalized spacial score (nSPS) is 18.1. The lowest BCUT2D eigenvalue weighted by atomic mass is 10.2. The monoisotopic (exact) mass is 442 g/mol. The smallest absolute Gasteiger partial charge is 0.249 e. The van der Waals surface area contributed by atoms with Crippen LogP contribution < -0.4 is 15.1 Å². The third-order valence-corrected chi connectivity index (χ3v) is 6.50. The van der Waals surface area contributed by atoms with E-state index in [-0.39, 0.29) is 11.9 Å². The molecule has 1 saturated heterocycles. The third kappa shape index (κ3) is 3.69. The first-order chi connectivity index (χ1) is 16.2. The number of fused-ring (bicyclic) bond motifs is 1. The van der Waals surface area contributed by atoms with Crippen LogP contribution in [0, 0.1) is 0 Å². The Kier molecular flexibility index (Phi) is 4.74. The SMILES string of the molecule is CN(C(=O)[C@@H]1CCCN1c1nc(Nc2cc(C3CC3)[nH]n2)n2cccc2n1)c1ccccc1. The van der Waals surface area contributed by atoms with Gasteiger partial charge in [0.15, 0.2) is 5.82 Å². The molecule has 168 valence electrons. The predicted octanol–water partition coefficient (Wildman–Crippen LogP) is 3.71. The number of rotatable bonds is 6. The maximum absolute atomic E-state index is 13.4. The minimum absolute atomic E-state index is 0.0495. The van der Waals surface area contributed by atoms with Crippen LogP contribution in [0.3, 0.4) is 0 Å². The van der Waals surface area contributed by atoms with E-state index in [1.54, 1.807) is 4.90 Å². The minimum Gasteiger partial charge on any atom is -0.329 e. The molecule has 2 fully saturated rings. The summed E-state index contributed by atoms with van der Waals surface area (Å²) in [6.07, 6.45) is 6.04. The van der Waals surface area contributed by atoms with E-state index in [1.165, 1.54) is 12.8 Å². The highest BCUT2D eigenvalue weighted by Gasteiger charge is 2.35. The highest BCUT2D eigenvalue weighted by molar-refractivity contribution is 5.98. The van der Waals surface area contributed by atoms with Gasteiger partial charge in [-0.2, -0.15) is 15.1 Å². The molecular weight excluding hydrogens is 416 g/mol. The molecule has 4 aromatic rings. The van der Waals surface area contributed by atoms with Gasteiger partial charge in [-0.1, -0.05) is 18.2 Å². The number of aromatic amines is 1. The highest BCUT2D eigenvalue weighted by atomic mass is 16.2. The Morgan fingerprint density at radius 3 is 2.79 bits per heavy atom. The van der Waals surface area contributed by atoms with E-state index in [0.29, 0.717) is 17.8 Å². The molecule has 3 aromatic heterocycles. The zero-order valence-electron chi connectivity index (χ0n) is 18.5. The molecule has 0 radical (unpaired) electrons. The van der Waals surface area contributed by atoms with Gasteiger partial charge in [-0.15, -0.1) is 0 Å². The molecule has 4 heterocycles. The zero-order valence-corrected chi connectivity index (χ0v) is 18.5. The number of anilines is 4. The van der Waals surface area contributed by atoms with Crippen LogP contribution in [0.4, 0.5) is 23.4 Å². The Morgan fingerprint density at radius 1 is 1.12 bits per heavy atom. The lowest BCUT2D eigenvalue weighted by molar-refractivity contribution is -0.119. The van der Waals surface area contributed by atoms with Crippen LogP contribution in [-0.4, -0.2) is 50.1 Å². The number of hydrogen-bond donors (Lipinski definition) is 2. The molecule has 1 amide bonds. The van der Waals surface area contributed by atoms with E-state index < -0.39 is 0 Å². The third-order valence-electron chi connectivity index (χ3n) is 6.50. The van der Waals surface area contributed by atoms with Crippen molar-refractivity contribution in [3.63, 3.8) is 0 Å². The van der Waals surface area contributed by atoms with Gasteiger partial charge in [0.2, 0.25) is 17.8 Å². The number of H-pyrrole nitrogens is 1. The molecule has 1 saturated carbocycles. The number of hydrogen-bond acceptors (Lipinski definition) is 6. The molecule has 1 aliphatic carbocycles. The second-order valence-corrected chi connectivity index (χ2v) is 8.78. The number of para-hydroxylation sites is 1. The van der Waals surface area contributed by atoms with Gasteiger partial charge in [-0.3, -0.25) is 14.3 Å². The number of benzene rings is 1. The Hall–Kier alpha value is -3.88. The molecule has 9 nitrogen and oxygen atoms in total. The molecule has 2 N–H and O–H groups in total. The fraction of sp³-hybridized carbons (Fsp3) is 0.333. The standard InChI is InChI=1S/C24H26N8O/c1-30(17-7-3-2-4-8-17)22(33)19-9-5-13-31(19)24-26-21-10-6-14-32(21)23(27-24)25-20-15-18(28-29-20)16-11-12-16/h2-4,6-8,10,14-16,19H,5,9,11-13H2,1H3,(H2,25,26,27,28,29)/t19-/m0/s1. The van der Waals surface area contributed by atoms with Crippen molar-refractivity contribution >= 4 is 35.0 Å². The van der Waals surface area contributed by atoms with E-state index in [1.807, 2.05) is 71.1 Å². The summed E-state index contributed by atoms with van der Waals surface area (Å²) >= 11 is 0. The molecule has 6 rings (SSSR count). The van der Waals surface area contributed by atoms with Gasteiger partial charge in [0.25, 0.3) is 0 Å². The Balaban J connectivity index is 1.30. The van der Waals surface area contributed by atoms with Crippen molar-refractivity contribution in [2.45, 2.75) is 37.6 Å². The van der Waals surface area contributed by atoms with Crippen LogP contribution in [0.5, 0.6) is 0 Å². The van der Waals surface area contributed by atoms with Crippen molar-refractivity contribution in [2.75, 3.05) is 28.7 Å². The van der Waals surface area contributed by atoms with Crippen molar-refractivity contribution in [1.29, 1.82) is 0 Å². The topological polar surface area (TPSA) is 94.5 Å². The van der Waals surface area contributed by atoms with Crippen LogP contribution in [0.2, 0.25) is 0 Å². The zero-order chi connectivity index (χ0) is 22.4. The largest absolute Gasteiger partial charge is 0.329 e. The summed E-state index contributed by atoms with van der Waals surface area (Å²) in [6.45, 7) is 0.740. The summed E-state index contributed by atoms with van der Waals surface area (Å²) < 4.78 is 1.90. The van der Waals surface area contributed by atoms with E-state index in [9.17, 15) is 4.79 Å². The number of carbonyl (C=O) groups excluding carboxylic acids is 1. The maximum Gasteiger partial charge on any atom is 0.249 e. The number of carbonyl (C=O) groups is 1. The lowest BCUT2D eigenvalue weighted by Crippen LogP contribution is -2.45. The molecule has 0 bridgehead atoms. The van der Waals surface area contributed by atoms with Crippen molar-refractivity contribution in [1.82, 2.24) is 24.6 Å². The average molecular weight is 443 g/mol. The molecule has 1 atom stereocenters. The summed E-state index contributed by atoms with van der Waals surface area (Å²) in [7, 11) is 1.83. The Morgan fingerprint density at radius 2 is 1.97 bits per heavy atom. The highest BCUT2D eigenvalue weighted by Crippen LogP contribution is 2.39. The van der Waals surface area contributed by atoms with Crippen molar-refractivity contribution in [2.24, 2.45) is 0 Å². The summed E-state index contributed by atoms with van der Waals surface area (Å²) in [5.74, 6) is 2.56. The first-order valence-corrected chi connectivity index (χ1v) is 11.4. The summed E-state index contributed by atoms with van der Waals surface area (Å²) in [6, 6.07) is 15.4. The fourth-order valence-corrected chi connectivity index (χ4v) is 4.52. The second kappa shape index (κ2) is 7.91. The predicted molar refractivity (Wildman–Crippen MR) is 127 cm³/mol. The minimum atomic E-state index is -0.299. The first-order valence-electron chi connectivity index (χ1n) is 11.4. The van der Waals surface area contributed by atoms with Crippen molar-refractivity contribution < 1.29 is 4.79 Å². The molecule has 0 spiro atoms. The molecule has 9 heteroatoms. The number of amides is 1. The van der Waals surface area contributed by atoms with E-state index in [2.05, 4.69) is 15.5 Å². The average Bonchev–Trinajstić information content (AvgIpc) is 3.22. The van der Waals surface area contributed by atoms with Crippen LogP contribution >= 0.6 is 0 Å². The second-order valence-electron chi connectivity index (χ2n) is 8.78. The number of nitrogens with zero attached hydrogens (tertiary/aromatic N) is 6. The Bertz CT molecular complexity index is 1290. The van der Waals surface area contributed by atoms with E-state index in [4.69, 9.17) is 9.97 Å². The van der Waals surface area contributed by atoms with E-state index in [0.717, 1.165) is 42.2 Å². The molecule has 0 unspecified atom stereocenters. The summed E-state index contributed by atoms with van der Waals surface area (Å²) in [4.78, 5) is 26.7. The lowest BCUT2D eigenvalue weighted by Gasteiger charge is -2.28. The van der Waals surface area contributed by atoms with Gasteiger partial charge >= 0.3 is 0 Å². The van der Waals surface area contributed by atoms with Gasteiger partial charge < -0.3 is 15.1 Å². The number of aromatic nitrogens is 5. The van der Waals surface area contributed by atoms with Gasteiger partial charge in [0.1, 0.15) is 11.7 Å². The van der Waals surface area contributed by atoms with Crippen LogP contribution in [0.25, 0.3) is 5.65 Å². The fourth-order valence-electron chi connectivity index (χ4n) is 4.52. The van der Waals surface area contributed by atoms with Gasteiger partial charge in [-0.25, -0.2) is 0 Å². The summed E-state index contributed by atoms with van der Waals surface area (Å²) in [5, 5.41) is 10.9. The molecule has 1 aliphatic heterocycles. The molecular formula is C24H26N8O. The van der Waals surface area contributed by atoms with Gasteiger partial charge in [0.05, 0.1) is 0 Å². The molecule has 2 aliphatic rings. The molecule has 1 aromatic carbocycles. The quantitative estimate of drug-likeness (QED) is 0.473. The van der Waals surface area contributed by atoms with Crippen LogP contribution in [0.1, 0.15) is 37.3 Å². The Labute approximate surface area is 191 Å². The number of nitrogens with one attached hydrogen (secondary N) is 2. The maximum atomic E-state index is 13.4.